The van der Waals surface area contributed by atoms with E-state index in [1.807, 2.05) is 45.9 Å². The lowest BCUT2D eigenvalue weighted by atomic mass is 9.83. The minimum absolute atomic E-state index is 0.205. The van der Waals surface area contributed by atoms with Crippen molar-refractivity contribution in [2.24, 2.45) is 11.1 Å². The van der Waals surface area contributed by atoms with Gasteiger partial charge in [0.1, 0.15) is 5.60 Å². The molecule has 2 N–H and O–H groups in total. The first kappa shape index (κ1) is 18.3. The predicted molar refractivity (Wildman–Crippen MR) is 86.3 cm³/mol. The number of carbonyl (C=O) groups excluding carboxylic acids is 1. The summed E-state index contributed by atoms with van der Waals surface area (Å²) in [7, 11) is 3.17. The molecule has 0 spiro atoms. The Morgan fingerprint density at radius 3 is 2.14 bits per heavy atom. The molecule has 5 nitrogen and oxygen atoms in total. The quantitative estimate of drug-likeness (QED) is 0.818. The second-order valence-corrected chi connectivity index (χ2v) is 6.63. The lowest BCUT2D eigenvalue weighted by Gasteiger charge is -2.30. The fraction of sp³-hybridized carbons (Fsp3) is 0.588. The molecule has 0 fully saturated rings. The van der Waals surface area contributed by atoms with Crippen LogP contribution in [0.2, 0.25) is 0 Å². The number of benzene rings is 1. The number of hydrogen-bond acceptors (Lipinski definition) is 5. The van der Waals surface area contributed by atoms with Crippen LogP contribution in [0.25, 0.3) is 0 Å². The summed E-state index contributed by atoms with van der Waals surface area (Å²) in [4.78, 5) is 12.4. The van der Waals surface area contributed by atoms with Crippen molar-refractivity contribution in [2.75, 3.05) is 20.8 Å². The largest absolute Gasteiger partial charge is 0.493 e. The van der Waals surface area contributed by atoms with E-state index in [1.54, 1.807) is 14.2 Å². The molecule has 5 heteroatoms. The summed E-state index contributed by atoms with van der Waals surface area (Å²) in [5.74, 6) is 0.985. The molecular weight excluding hydrogens is 282 g/mol. The van der Waals surface area contributed by atoms with Crippen molar-refractivity contribution in [3.8, 4) is 11.5 Å². The topological polar surface area (TPSA) is 70.8 Å². The fourth-order valence-corrected chi connectivity index (χ4v) is 2.07. The van der Waals surface area contributed by atoms with Crippen LogP contribution in [0.3, 0.4) is 0 Å². The van der Waals surface area contributed by atoms with E-state index in [2.05, 4.69) is 0 Å². The van der Waals surface area contributed by atoms with E-state index < -0.39 is 11.0 Å². The SMILES string of the molecule is COc1ccc(CC(C)(CN)C(=O)OC(C)(C)C)cc1OC. The molecule has 0 radical (unpaired) electrons. The van der Waals surface area contributed by atoms with E-state index in [-0.39, 0.29) is 12.5 Å². The summed E-state index contributed by atoms with van der Waals surface area (Å²) < 4.78 is 16.0. The third kappa shape index (κ3) is 4.63. The first-order valence-corrected chi connectivity index (χ1v) is 7.29. The third-order valence-electron chi connectivity index (χ3n) is 3.38. The smallest absolute Gasteiger partial charge is 0.313 e. The molecule has 1 aromatic carbocycles. The molecule has 0 aromatic heterocycles. The van der Waals surface area contributed by atoms with Gasteiger partial charge in [0.05, 0.1) is 19.6 Å². The maximum absolute atomic E-state index is 12.4. The van der Waals surface area contributed by atoms with Crippen LogP contribution in [0.1, 0.15) is 33.3 Å². The maximum Gasteiger partial charge on any atom is 0.313 e. The summed E-state index contributed by atoms with van der Waals surface area (Å²) in [5, 5.41) is 0. The van der Waals surface area contributed by atoms with Crippen molar-refractivity contribution in [1.82, 2.24) is 0 Å². The lowest BCUT2D eigenvalue weighted by Crippen LogP contribution is -2.42. The van der Waals surface area contributed by atoms with Crippen LogP contribution in [-0.2, 0) is 16.0 Å². The van der Waals surface area contributed by atoms with Crippen molar-refractivity contribution in [2.45, 2.75) is 39.7 Å². The van der Waals surface area contributed by atoms with Gasteiger partial charge in [0.15, 0.2) is 11.5 Å². The normalized spacial score (nSPS) is 14.1. The Labute approximate surface area is 132 Å². The van der Waals surface area contributed by atoms with Gasteiger partial charge in [-0.15, -0.1) is 0 Å². The van der Waals surface area contributed by atoms with Gasteiger partial charge >= 0.3 is 5.97 Å². The molecule has 0 amide bonds. The standard InChI is InChI=1S/C17H27NO4/c1-16(2,3)22-15(19)17(4,11-18)10-12-7-8-13(20-5)14(9-12)21-6/h7-9H,10-11,18H2,1-6H3. The molecule has 1 atom stereocenters. The molecule has 0 aliphatic carbocycles. The number of carbonyl (C=O) groups is 1. The van der Waals surface area contributed by atoms with Crippen molar-refractivity contribution >= 4 is 5.97 Å². The molecule has 0 heterocycles. The van der Waals surface area contributed by atoms with E-state index in [4.69, 9.17) is 19.9 Å². The van der Waals surface area contributed by atoms with E-state index in [1.165, 1.54) is 0 Å². The van der Waals surface area contributed by atoms with E-state index >= 15 is 0 Å². The van der Waals surface area contributed by atoms with Crippen LogP contribution in [0.15, 0.2) is 18.2 Å². The van der Waals surface area contributed by atoms with E-state index in [0.29, 0.717) is 17.9 Å². The molecule has 0 saturated heterocycles. The highest BCUT2D eigenvalue weighted by atomic mass is 16.6. The average molecular weight is 309 g/mol. The molecule has 1 rings (SSSR count). The van der Waals surface area contributed by atoms with Crippen molar-refractivity contribution in [3.05, 3.63) is 23.8 Å². The third-order valence-corrected chi connectivity index (χ3v) is 3.38. The molecular formula is C17H27NO4. The van der Waals surface area contributed by atoms with Crippen molar-refractivity contribution in [1.29, 1.82) is 0 Å². The van der Waals surface area contributed by atoms with Gasteiger partial charge in [-0.3, -0.25) is 4.79 Å². The first-order valence-electron chi connectivity index (χ1n) is 7.29. The second kappa shape index (κ2) is 7.01. The van der Waals surface area contributed by atoms with E-state index in [9.17, 15) is 4.79 Å². The Kier molecular flexibility index (Phi) is 5.83. The highest BCUT2D eigenvalue weighted by Gasteiger charge is 2.36. The second-order valence-electron chi connectivity index (χ2n) is 6.63. The fourth-order valence-electron chi connectivity index (χ4n) is 2.07. The highest BCUT2D eigenvalue weighted by Crippen LogP contribution is 2.32. The van der Waals surface area contributed by atoms with Crippen LogP contribution < -0.4 is 15.2 Å². The summed E-state index contributed by atoms with van der Waals surface area (Å²) >= 11 is 0. The molecule has 1 unspecified atom stereocenters. The summed E-state index contributed by atoms with van der Waals surface area (Å²) in [6.45, 7) is 7.56. The van der Waals surface area contributed by atoms with Gasteiger partial charge in [0, 0.05) is 6.54 Å². The lowest BCUT2D eigenvalue weighted by molar-refractivity contribution is -0.166. The number of esters is 1. The number of hydrogen-bond donors (Lipinski definition) is 1. The summed E-state index contributed by atoms with van der Waals surface area (Å²) in [6, 6.07) is 5.58. The average Bonchev–Trinajstić information content (AvgIpc) is 2.45. The van der Waals surface area contributed by atoms with Gasteiger partial charge in [0.25, 0.3) is 0 Å². The van der Waals surface area contributed by atoms with Crippen molar-refractivity contribution in [3.63, 3.8) is 0 Å². The van der Waals surface area contributed by atoms with Gasteiger partial charge < -0.3 is 19.9 Å². The summed E-state index contributed by atoms with van der Waals surface area (Å²) in [6.07, 6.45) is 0.471. The zero-order chi connectivity index (χ0) is 17.0. The number of nitrogens with two attached hydrogens (primary N) is 1. The molecule has 124 valence electrons. The predicted octanol–water partition coefficient (Wildman–Crippen LogP) is 2.55. The Bertz CT molecular complexity index is 522. The maximum atomic E-state index is 12.4. The van der Waals surface area contributed by atoms with E-state index in [0.717, 1.165) is 5.56 Å². The molecule has 0 bridgehead atoms. The number of rotatable bonds is 6. The van der Waals surface area contributed by atoms with Crippen molar-refractivity contribution < 1.29 is 19.0 Å². The monoisotopic (exact) mass is 309 g/mol. The van der Waals surface area contributed by atoms with Gasteiger partial charge in [-0.1, -0.05) is 6.07 Å². The Morgan fingerprint density at radius 2 is 1.68 bits per heavy atom. The summed E-state index contributed by atoms with van der Waals surface area (Å²) in [5.41, 5.74) is 5.46. The minimum atomic E-state index is -0.785. The number of ether oxygens (including phenoxy) is 3. The first-order chi connectivity index (χ1) is 10.1. The van der Waals surface area contributed by atoms with Crippen LogP contribution >= 0.6 is 0 Å². The van der Waals surface area contributed by atoms with Gasteiger partial charge in [-0.2, -0.15) is 0 Å². The van der Waals surface area contributed by atoms with Gasteiger partial charge in [-0.25, -0.2) is 0 Å². The van der Waals surface area contributed by atoms with Crippen LogP contribution in [0.5, 0.6) is 11.5 Å². The number of methoxy groups -OCH3 is 2. The molecule has 1 aromatic rings. The van der Waals surface area contributed by atoms with Gasteiger partial charge in [0.2, 0.25) is 0 Å². The zero-order valence-corrected chi connectivity index (χ0v) is 14.4. The van der Waals surface area contributed by atoms with Gasteiger partial charge in [-0.05, 0) is 51.8 Å². The van der Waals surface area contributed by atoms with Crippen LogP contribution in [-0.4, -0.2) is 32.3 Å². The Balaban J connectivity index is 3.00. The van der Waals surface area contributed by atoms with Crippen LogP contribution in [0.4, 0.5) is 0 Å². The highest BCUT2D eigenvalue weighted by molar-refractivity contribution is 5.77. The minimum Gasteiger partial charge on any atom is -0.493 e. The molecule has 0 aliphatic heterocycles. The Morgan fingerprint density at radius 1 is 1.09 bits per heavy atom. The Hall–Kier alpha value is -1.75. The molecule has 0 saturated carbocycles. The zero-order valence-electron chi connectivity index (χ0n) is 14.4. The molecule has 22 heavy (non-hydrogen) atoms. The molecule has 0 aliphatic rings. The van der Waals surface area contributed by atoms with Crippen LogP contribution in [0, 0.1) is 5.41 Å².